The first-order valence-corrected chi connectivity index (χ1v) is 8.21. The standard InChI is InChI=1S/C18H23N2O5/c1-12(21)25-10-4-2-3-9-19-11-16(23)13-5-7-15(22)18-14(13)6-8-17(24)20-18/h5-8,16,19,22-23H,1-4,9-11H2,(H,20,24)/t16-/m0/s1. The Morgan fingerprint density at radius 2 is 2.04 bits per heavy atom. The minimum atomic E-state index is -0.763. The first-order chi connectivity index (χ1) is 12.0. The summed E-state index contributed by atoms with van der Waals surface area (Å²) in [5.41, 5.74) is 0.653. The quantitative estimate of drug-likeness (QED) is 0.403. The van der Waals surface area contributed by atoms with Crippen molar-refractivity contribution < 1.29 is 19.7 Å². The average molecular weight is 347 g/mol. The highest BCUT2D eigenvalue weighted by atomic mass is 16.5. The number of ether oxygens (including phenoxy) is 1. The minimum absolute atomic E-state index is 0.0282. The summed E-state index contributed by atoms with van der Waals surface area (Å²) in [6.45, 7) is 4.59. The summed E-state index contributed by atoms with van der Waals surface area (Å²) >= 11 is 0. The van der Waals surface area contributed by atoms with Crippen molar-refractivity contribution in [3.05, 3.63) is 47.1 Å². The molecule has 0 aliphatic heterocycles. The number of H-pyrrole nitrogens is 1. The lowest BCUT2D eigenvalue weighted by Crippen LogP contribution is -2.23. The van der Waals surface area contributed by atoms with E-state index in [1.54, 1.807) is 12.1 Å². The minimum Gasteiger partial charge on any atom is -0.506 e. The van der Waals surface area contributed by atoms with E-state index in [0.29, 0.717) is 29.6 Å². The van der Waals surface area contributed by atoms with E-state index in [9.17, 15) is 19.8 Å². The van der Waals surface area contributed by atoms with Gasteiger partial charge in [0.1, 0.15) is 5.75 Å². The second kappa shape index (κ2) is 9.19. The van der Waals surface area contributed by atoms with Crippen molar-refractivity contribution >= 4 is 16.9 Å². The second-order valence-electron chi connectivity index (χ2n) is 5.79. The summed E-state index contributed by atoms with van der Waals surface area (Å²) in [5, 5.41) is 24.0. The van der Waals surface area contributed by atoms with Crippen LogP contribution in [0.5, 0.6) is 5.75 Å². The number of carbonyl (C=O) groups is 1. The van der Waals surface area contributed by atoms with Crippen molar-refractivity contribution in [2.24, 2.45) is 0 Å². The Kier molecular flexibility index (Phi) is 6.97. The lowest BCUT2D eigenvalue weighted by molar-refractivity contribution is -0.138. The van der Waals surface area contributed by atoms with E-state index in [1.165, 1.54) is 12.1 Å². The van der Waals surface area contributed by atoms with Crippen LogP contribution in [0.3, 0.4) is 0 Å². The number of aromatic nitrogens is 1. The van der Waals surface area contributed by atoms with Crippen LogP contribution in [-0.4, -0.2) is 40.9 Å². The van der Waals surface area contributed by atoms with E-state index in [1.807, 2.05) is 0 Å². The molecule has 4 N–H and O–H groups in total. The Morgan fingerprint density at radius 1 is 1.24 bits per heavy atom. The molecular weight excluding hydrogens is 324 g/mol. The van der Waals surface area contributed by atoms with Crippen molar-refractivity contribution in [1.82, 2.24) is 10.3 Å². The van der Waals surface area contributed by atoms with Crippen molar-refractivity contribution in [1.29, 1.82) is 0 Å². The van der Waals surface area contributed by atoms with Gasteiger partial charge in [0.2, 0.25) is 5.56 Å². The number of benzene rings is 1. The number of aromatic amines is 1. The maximum atomic E-state index is 11.4. The fourth-order valence-corrected chi connectivity index (χ4v) is 2.61. The van der Waals surface area contributed by atoms with Gasteiger partial charge in [0, 0.05) is 18.0 Å². The molecule has 2 rings (SSSR count). The molecule has 0 saturated carbocycles. The van der Waals surface area contributed by atoms with Crippen LogP contribution in [-0.2, 0) is 9.53 Å². The second-order valence-corrected chi connectivity index (χ2v) is 5.79. The molecule has 7 heteroatoms. The van der Waals surface area contributed by atoms with Crippen LogP contribution in [0.2, 0.25) is 0 Å². The number of rotatable bonds is 9. The molecule has 0 fully saturated rings. The zero-order chi connectivity index (χ0) is 18.2. The topological polar surface area (TPSA) is 112 Å². The number of pyridine rings is 1. The molecular formula is C18H23N2O5. The van der Waals surface area contributed by atoms with Gasteiger partial charge in [-0.15, -0.1) is 0 Å². The van der Waals surface area contributed by atoms with E-state index in [-0.39, 0.29) is 11.3 Å². The Hall–Kier alpha value is -2.38. The number of carbonyl (C=O) groups excluding carboxylic acids is 1. The van der Waals surface area contributed by atoms with E-state index < -0.39 is 12.1 Å². The lowest BCUT2D eigenvalue weighted by Gasteiger charge is -2.15. The normalized spacial score (nSPS) is 12.2. The molecule has 1 heterocycles. The van der Waals surface area contributed by atoms with Gasteiger partial charge in [-0.2, -0.15) is 0 Å². The predicted molar refractivity (Wildman–Crippen MR) is 94.2 cm³/mol. The zero-order valence-electron chi connectivity index (χ0n) is 14.0. The molecule has 1 aromatic carbocycles. The van der Waals surface area contributed by atoms with Gasteiger partial charge in [0.05, 0.1) is 25.2 Å². The molecule has 1 radical (unpaired) electrons. The first-order valence-electron chi connectivity index (χ1n) is 8.21. The fourth-order valence-electron chi connectivity index (χ4n) is 2.61. The van der Waals surface area contributed by atoms with Crippen LogP contribution >= 0.6 is 0 Å². The number of aliphatic hydroxyl groups is 1. The van der Waals surface area contributed by atoms with E-state index >= 15 is 0 Å². The number of fused-ring (bicyclic) bond motifs is 1. The first kappa shape index (κ1) is 19.0. The van der Waals surface area contributed by atoms with E-state index in [0.717, 1.165) is 25.8 Å². The Morgan fingerprint density at radius 3 is 2.80 bits per heavy atom. The number of hydrogen-bond donors (Lipinski definition) is 4. The molecule has 1 aromatic heterocycles. The van der Waals surface area contributed by atoms with Crippen LogP contribution in [0.4, 0.5) is 0 Å². The number of nitrogens with one attached hydrogen (secondary N) is 2. The molecule has 0 aliphatic rings. The smallest absolute Gasteiger partial charge is 0.306 e. The number of phenols is 1. The summed E-state index contributed by atoms with van der Waals surface area (Å²) in [7, 11) is 0. The zero-order valence-corrected chi connectivity index (χ0v) is 14.0. The number of phenolic OH excluding ortho intramolecular Hbond substituents is 1. The van der Waals surface area contributed by atoms with Gasteiger partial charge in [-0.05, 0) is 43.5 Å². The molecule has 0 bridgehead atoms. The van der Waals surface area contributed by atoms with Crippen molar-refractivity contribution in [2.75, 3.05) is 19.7 Å². The number of esters is 1. The summed E-state index contributed by atoms with van der Waals surface area (Å²) in [4.78, 5) is 24.5. The van der Waals surface area contributed by atoms with Gasteiger partial charge >= 0.3 is 5.97 Å². The van der Waals surface area contributed by atoms with Gasteiger partial charge in [-0.25, -0.2) is 0 Å². The van der Waals surface area contributed by atoms with Crippen LogP contribution in [0, 0.1) is 6.92 Å². The molecule has 0 unspecified atom stereocenters. The molecule has 135 valence electrons. The third-order valence-electron chi connectivity index (χ3n) is 3.86. The molecule has 7 nitrogen and oxygen atoms in total. The Balaban J connectivity index is 1.82. The van der Waals surface area contributed by atoms with Crippen LogP contribution in [0.15, 0.2) is 29.1 Å². The maximum Gasteiger partial charge on any atom is 0.306 e. The average Bonchev–Trinajstić information content (AvgIpc) is 2.57. The van der Waals surface area contributed by atoms with Gasteiger partial charge < -0.3 is 25.3 Å². The van der Waals surface area contributed by atoms with E-state index in [4.69, 9.17) is 4.74 Å². The van der Waals surface area contributed by atoms with Crippen molar-refractivity contribution in [3.8, 4) is 5.75 Å². The van der Waals surface area contributed by atoms with Crippen molar-refractivity contribution in [2.45, 2.75) is 25.4 Å². The molecule has 0 aliphatic carbocycles. The van der Waals surface area contributed by atoms with Gasteiger partial charge in [0.25, 0.3) is 0 Å². The predicted octanol–water partition coefficient (Wildman–Crippen LogP) is 1.40. The molecule has 25 heavy (non-hydrogen) atoms. The number of unbranched alkanes of at least 4 members (excludes halogenated alkanes) is 2. The fraction of sp³-hybridized carbons (Fsp3) is 0.389. The Labute approximate surface area is 145 Å². The maximum absolute atomic E-state index is 11.4. The number of aromatic hydroxyl groups is 1. The van der Waals surface area contributed by atoms with Gasteiger partial charge in [-0.3, -0.25) is 9.59 Å². The molecule has 0 amide bonds. The third-order valence-corrected chi connectivity index (χ3v) is 3.86. The highest BCUT2D eigenvalue weighted by Crippen LogP contribution is 2.28. The van der Waals surface area contributed by atoms with Crippen LogP contribution in [0.25, 0.3) is 10.9 Å². The lowest BCUT2D eigenvalue weighted by atomic mass is 10.0. The monoisotopic (exact) mass is 347 g/mol. The number of hydrogen-bond acceptors (Lipinski definition) is 6. The highest BCUT2D eigenvalue weighted by molar-refractivity contribution is 5.87. The summed E-state index contributed by atoms with van der Waals surface area (Å²) in [6, 6.07) is 6.07. The third kappa shape index (κ3) is 5.58. The highest BCUT2D eigenvalue weighted by Gasteiger charge is 2.13. The number of aliphatic hydroxyl groups excluding tert-OH is 1. The SMILES string of the molecule is [CH2]C(=O)OCCCCCNC[C@H](O)c1ccc(O)c2[nH]c(=O)ccc12. The Bertz CT molecular complexity index is 772. The van der Waals surface area contributed by atoms with Crippen molar-refractivity contribution in [3.63, 3.8) is 0 Å². The molecule has 2 aromatic rings. The molecule has 0 saturated heterocycles. The van der Waals surface area contributed by atoms with Crippen LogP contribution in [0.1, 0.15) is 30.9 Å². The van der Waals surface area contributed by atoms with Gasteiger partial charge in [-0.1, -0.05) is 6.07 Å². The van der Waals surface area contributed by atoms with E-state index in [2.05, 4.69) is 17.2 Å². The van der Waals surface area contributed by atoms with Gasteiger partial charge in [0.15, 0.2) is 0 Å². The largest absolute Gasteiger partial charge is 0.506 e. The summed E-state index contributed by atoms with van der Waals surface area (Å²) in [6.07, 6.45) is 1.81. The molecule has 1 atom stereocenters. The summed E-state index contributed by atoms with van der Waals surface area (Å²) in [5.74, 6) is -0.539. The van der Waals surface area contributed by atoms with Crippen LogP contribution < -0.4 is 10.9 Å². The summed E-state index contributed by atoms with van der Waals surface area (Å²) < 4.78 is 4.75. The molecule has 0 spiro atoms.